The van der Waals surface area contributed by atoms with Crippen LogP contribution in [0.15, 0.2) is 24.3 Å². The molecule has 0 saturated carbocycles. The van der Waals surface area contributed by atoms with Crippen LogP contribution in [0, 0.1) is 0 Å². The van der Waals surface area contributed by atoms with Gasteiger partial charge in [-0.3, -0.25) is 0 Å². The molecule has 84 valence electrons. The van der Waals surface area contributed by atoms with Crippen LogP contribution in [-0.2, 0) is 0 Å². The molecule has 1 heterocycles. The highest BCUT2D eigenvalue weighted by Crippen LogP contribution is 2.21. The molecule has 2 aromatic rings. The fourth-order valence-electron chi connectivity index (χ4n) is 1.49. The van der Waals surface area contributed by atoms with Crippen molar-refractivity contribution in [1.29, 1.82) is 0 Å². The molecule has 0 fully saturated rings. The summed E-state index contributed by atoms with van der Waals surface area (Å²) in [4.78, 5) is 0. The van der Waals surface area contributed by atoms with E-state index < -0.39 is 6.10 Å². The number of aromatic amines is 1. The molecule has 0 spiro atoms. The van der Waals surface area contributed by atoms with Crippen molar-refractivity contribution in [3.05, 3.63) is 29.8 Å². The Morgan fingerprint density at radius 2 is 2.31 bits per heavy atom. The fourth-order valence-corrected chi connectivity index (χ4v) is 1.49. The number of aliphatic hydroxyl groups excluding tert-OH is 1. The van der Waals surface area contributed by atoms with Gasteiger partial charge in [0.25, 0.3) is 0 Å². The summed E-state index contributed by atoms with van der Waals surface area (Å²) in [7, 11) is 0. The van der Waals surface area contributed by atoms with Gasteiger partial charge < -0.3 is 10.8 Å². The third-order valence-electron chi connectivity index (χ3n) is 2.32. The molecule has 1 atom stereocenters. The SMILES string of the molecule is NCCC(O)c1cccc(-c2nn[nH]n2)c1. The summed E-state index contributed by atoms with van der Waals surface area (Å²) in [5, 5.41) is 23.4. The minimum atomic E-state index is -0.545. The normalized spacial score (nSPS) is 12.6. The summed E-state index contributed by atoms with van der Waals surface area (Å²) >= 11 is 0. The maximum atomic E-state index is 9.80. The second-order valence-corrected chi connectivity index (χ2v) is 3.45. The highest BCUT2D eigenvalue weighted by molar-refractivity contribution is 5.55. The quantitative estimate of drug-likeness (QED) is 0.684. The van der Waals surface area contributed by atoms with Crippen LogP contribution in [0.1, 0.15) is 18.1 Å². The molecule has 6 heteroatoms. The van der Waals surface area contributed by atoms with Gasteiger partial charge in [0.2, 0.25) is 5.82 Å². The first-order chi connectivity index (χ1) is 7.81. The van der Waals surface area contributed by atoms with Crippen molar-refractivity contribution in [3.63, 3.8) is 0 Å². The van der Waals surface area contributed by atoms with Gasteiger partial charge in [0.1, 0.15) is 0 Å². The monoisotopic (exact) mass is 219 g/mol. The molecular formula is C10H13N5O. The molecule has 0 bridgehead atoms. The predicted molar refractivity (Wildman–Crippen MR) is 58.2 cm³/mol. The van der Waals surface area contributed by atoms with Gasteiger partial charge in [-0.15, -0.1) is 10.2 Å². The molecule has 0 saturated heterocycles. The Balaban J connectivity index is 2.26. The maximum absolute atomic E-state index is 9.80. The van der Waals surface area contributed by atoms with Gasteiger partial charge in [-0.05, 0) is 29.8 Å². The van der Waals surface area contributed by atoms with E-state index in [4.69, 9.17) is 5.73 Å². The average molecular weight is 219 g/mol. The van der Waals surface area contributed by atoms with Crippen LogP contribution in [0.25, 0.3) is 11.4 Å². The molecule has 0 aliphatic rings. The highest BCUT2D eigenvalue weighted by atomic mass is 16.3. The van der Waals surface area contributed by atoms with Crippen molar-refractivity contribution in [1.82, 2.24) is 20.6 Å². The second kappa shape index (κ2) is 4.82. The molecule has 1 aromatic carbocycles. The highest BCUT2D eigenvalue weighted by Gasteiger charge is 2.09. The lowest BCUT2D eigenvalue weighted by Crippen LogP contribution is -2.06. The van der Waals surface area contributed by atoms with Gasteiger partial charge in [0.15, 0.2) is 0 Å². The van der Waals surface area contributed by atoms with Crippen molar-refractivity contribution < 1.29 is 5.11 Å². The van der Waals surface area contributed by atoms with Gasteiger partial charge in [0.05, 0.1) is 6.10 Å². The Hall–Kier alpha value is -1.79. The minimum absolute atomic E-state index is 0.452. The number of nitrogens with one attached hydrogen (secondary N) is 1. The van der Waals surface area contributed by atoms with Crippen molar-refractivity contribution in [2.24, 2.45) is 5.73 Å². The number of rotatable bonds is 4. The molecule has 0 amide bonds. The number of nitrogens with two attached hydrogens (primary N) is 1. The summed E-state index contributed by atoms with van der Waals surface area (Å²) in [6, 6.07) is 7.40. The Kier molecular flexibility index (Phi) is 3.23. The van der Waals surface area contributed by atoms with Crippen LogP contribution in [-0.4, -0.2) is 32.3 Å². The maximum Gasteiger partial charge on any atom is 0.204 e. The van der Waals surface area contributed by atoms with Crippen LogP contribution in [0.4, 0.5) is 0 Å². The molecule has 0 aliphatic carbocycles. The summed E-state index contributed by atoms with van der Waals surface area (Å²) in [5.41, 5.74) is 7.03. The molecule has 16 heavy (non-hydrogen) atoms. The van der Waals surface area contributed by atoms with E-state index in [0.717, 1.165) is 11.1 Å². The largest absolute Gasteiger partial charge is 0.388 e. The Morgan fingerprint density at radius 1 is 1.44 bits per heavy atom. The van der Waals surface area contributed by atoms with E-state index in [1.165, 1.54) is 0 Å². The van der Waals surface area contributed by atoms with Crippen LogP contribution in [0.5, 0.6) is 0 Å². The third-order valence-corrected chi connectivity index (χ3v) is 2.32. The molecule has 0 radical (unpaired) electrons. The van der Waals surface area contributed by atoms with E-state index in [1.807, 2.05) is 24.3 Å². The topological polar surface area (TPSA) is 101 Å². The molecular weight excluding hydrogens is 206 g/mol. The number of tetrazole rings is 1. The van der Waals surface area contributed by atoms with Crippen LogP contribution >= 0.6 is 0 Å². The zero-order valence-corrected chi connectivity index (χ0v) is 8.67. The lowest BCUT2D eigenvalue weighted by atomic mass is 10.0. The second-order valence-electron chi connectivity index (χ2n) is 3.45. The number of benzene rings is 1. The van der Waals surface area contributed by atoms with Gasteiger partial charge in [0, 0.05) is 5.56 Å². The predicted octanol–water partition coefficient (Wildman–Crippen LogP) is 0.249. The number of nitrogens with zero attached hydrogens (tertiary/aromatic N) is 3. The lowest BCUT2D eigenvalue weighted by Gasteiger charge is -2.09. The first kappa shape index (κ1) is 10.7. The van der Waals surface area contributed by atoms with Crippen LogP contribution < -0.4 is 5.73 Å². The summed E-state index contributed by atoms with van der Waals surface area (Å²) in [6.45, 7) is 0.452. The first-order valence-corrected chi connectivity index (χ1v) is 5.03. The number of H-pyrrole nitrogens is 1. The standard InChI is InChI=1S/C10H13N5O/c11-5-4-9(16)7-2-1-3-8(6-7)10-12-14-15-13-10/h1-3,6,9,16H,4-5,11H2,(H,12,13,14,15). The number of aromatic nitrogens is 4. The molecule has 1 aromatic heterocycles. The number of hydrogen-bond donors (Lipinski definition) is 3. The van der Waals surface area contributed by atoms with E-state index in [-0.39, 0.29) is 0 Å². The number of hydrogen-bond acceptors (Lipinski definition) is 5. The zero-order valence-electron chi connectivity index (χ0n) is 8.67. The van der Waals surface area contributed by atoms with Gasteiger partial charge >= 0.3 is 0 Å². The lowest BCUT2D eigenvalue weighted by molar-refractivity contribution is 0.170. The summed E-state index contributed by atoms with van der Waals surface area (Å²) in [5.74, 6) is 0.516. The van der Waals surface area contributed by atoms with Crippen molar-refractivity contribution in [2.75, 3.05) is 6.54 Å². The smallest absolute Gasteiger partial charge is 0.204 e. The van der Waals surface area contributed by atoms with Crippen molar-refractivity contribution >= 4 is 0 Å². The van der Waals surface area contributed by atoms with E-state index in [2.05, 4.69) is 20.6 Å². The van der Waals surface area contributed by atoms with Gasteiger partial charge in [-0.2, -0.15) is 5.21 Å². The molecule has 4 N–H and O–H groups in total. The van der Waals surface area contributed by atoms with Crippen molar-refractivity contribution in [3.8, 4) is 11.4 Å². The van der Waals surface area contributed by atoms with E-state index >= 15 is 0 Å². The van der Waals surface area contributed by atoms with Crippen LogP contribution in [0.2, 0.25) is 0 Å². The third kappa shape index (κ3) is 2.23. The van der Waals surface area contributed by atoms with E-state index in [1.54, 1.807) is 0 Å². The first-order valence-electron chi connectivity index (χ1n) is 5.03. The molecule has 1 unspecified atom stereocenters. The summed E-state index contributed by atoms with van der Waals surface area (Å²) < 4.78 is 0. The van der Waals surface area contributed by atoms with E-state index in [0.29, 0.717) is 18.8 Å². The van der Waals surface area contributed by atoms with Crippen molar-refractivity contribution in [2.45, 2.75) is 12.5 Å². The Labute approximate surface area is 92.5 Å². The average Bonchev–Trinajstić information content (AvgIpc) is 2.83. The summed E-state index contributed by atoms with van der Waals surface area (Å²) in [6.07, 6.45) is -0.00718. The zero-order chi connectivity index (χ0) is 11.4. The molecule has 0 aliphatic heterocycles. The van der Waals surface area contributed by atoms with Crippen LogP contribution in [0.3, 0.4) is 0 Å². The number of aliphatic hydroxyl groups is 1. The fraction of sp³-hybridized carbons (Fsp3) is 0.300. The minimum Gasteiger partial charge on any atom is -0.388 e. The Morgan fingerprint density at radius 3 is 3.00 bits per heavy atom. The molecule has 6 nitrogen and oxygen atoms in total. The Bertz CT molecular complexity index is 442. The van der Waals surface area contributed by atoms with Gasteiger partial charge in [-0.1, -0.05) is 18.2 Å². The van der Waals surface area contributed by atoms with E-state index in [9.17, 15) is 5.11 Å². The molecule has 2 rings (SSSR count). The van der Waals surface area contributed by atoms with Gasteiger partial charge in [-0.25, -0.2) is 0 Å².